The predicted molar refractivity (Wildman–Crippen MR) is 96.8 cm³/mol. The summed E-state index contributed by atoms with van der Waals surface area (Å²) < 4.78 is 1.75. The summed E-state index contributed by atoms with van der Waals surface area (Å²) in [6.45, 7) is 2.24. The second-order valence-corrected chi connectivity index (χ2v) is 6.74. The highest BCUT2D eigenvalue weighted by Crippen LogP contribution is 2.14. The molecule has 0 saturated carbocycles. The van der Waals surface area contributed by atoms with Gasteiger partial charge in [0.25, 0.3) is 5.91 Å². The molecular weight excluding hydrogens is 336 g/mol. The van der Waals surface area contributed by atoms with Crippen molar-refractivity contribution in [2.24, 2.45) is 0 Å². The van der Waals surface area contributed by atoms with Gasteiger partial charge in [0.15, 0.2) is 0 Å². The van der Waals surface area contributed by atoms with Gasteiger partial charge in [0.05, 0.1) is 17.1 Å². The number of nitrogens with one attached hydrogen (secondary N) is 2. The normalized spacial score (nSPS) is 10.4. The second-order valence-electron chi connectivity index (χ2n) is 5.45. The van der Waals surface area contributed by atoms with Gasteiger partial charge in [-0.1, -0.05) is 18.2 Å². The number of hydrogen-bond donors (Lipinski definition) is 2. The zero-order valence-electron chi connectivity index (χ0n) is 13.7. The van der Waals surface area contributed by atoms with E-state index in [4.69, 9.17) is 0 Å². The van der Waals surface area contributed by atoms with Crippen molar-refractivity contribution in [1.82, 2.24) is 20.4 Å². The molecule has 0 aliphatic carbocycles. The van der Waals surface area contributed by atoms with Crippen molar-refractivity contribution in [3.8, 4) is 5.69 Å². The van der Waals surface area contributed by atoms with Crippen molar-refractivity contribution in [2.45, 2.75) is 13.5 Å². The van der Waals surface area contributed by atoms with Crippen LogP contribution in [0.2, 0.25) is 0 Å². The van der Waals surface area contributed by atoms with Crippen LogP contribution in [0.15, 0.2) is 54.9 Å². The van der Waals surface area contributed by atoms with E-state index in [1.165, 1.54) is 11.3 Å². The third-order valence-electron chi connectivity index (χ3n) is 3.59. The van der Waals surface area contributed by atoms with Gasteiger partial charge in [-0.3, -0.25) is 9.59 Å². The standard InChI is InChI=1S/C18H18N4O2S/c1-13-7-8-16(25-13)18(24)20-12-17(23)19-11-14-5-2-3-6-15(14)22-10-4-9-21-22/h2-10H,11-12H2,1H3,(H,19,23)(H,20,24). The van der Waals surface area contributed by atoms with E-state index in [0.717, 1.165) is 16.1 Å². The summed E-state index contributed by atoms with van der Waals surface area (Å²) in [7, 11) is 0. The fraction of sp³-hybridized carbons (Fsp3) is 0.167. The molecule has 6 nitrogen and oxygen atoms in total. The maximum atomic E-state index is 12.0. The molecule has 25 heavy (non-hydrogen) atoms. The molecule has 0 fully saturated rings. The molecule has 7 heteroatoms. The second kappa shape index (κ2) is 7.76. The minimum absolute atomic E-state index is 0.0558. The third kappa shape index (κ3) is 4.33. The Morgan fingerprint density at radius 2 is 1.96 bits per heavy atom. The molecule has 3 aromatic rings. The summed E-state index contributed by atoms with van der Waals surface area (Å²) in [5.41, 5.74) is 1.85. The van der Waals surface area contributed by atoms with Crippen LogP contribution in [0.3, 0.4) is 0 Å². The molecular formula is C18H18N4O2S. The SMILES string of the molecule is Cc1ccc(C(=O)NCC(=O)NCc2ccccc2-n2cccn2)s1. The number of aryl methyl sites for hydroxylation is 1. The molecule has 0 atom stereocenters. The number of carbonyl (C=O) groups excluding carboxylic acids is 2. The quantitative estimate of drug-likeness (QED) is 0.713. The number of amides is 2. The molecule has 0 radical (unpaired) electrons. The average Bonchev–Trinajstić information content (AvgIpc) is 3.30. The molecule has 0 aliphatic rings. The van der Waals surface area contributed by atoms with Gasteiger partial charge in [-0.25, -0.2) is 4.68 Å². The van der Waals surface area contributed by atoms with Crippen molar-refractivity contribution in [3.63, 3.8) is 0 Å². The number of hydrogen-bond acceptors (Lipinski definition) is 4. The maximum Gasteiger partial charge on any atom is 0.261 e. The van der Waals surface area contributed by atoms with E-state index in [-0.39, 0.29) is 18.4 Å². The van der Waals surface area contributed by atoms with Crippen molar-refractivity contribution in [2.75, 3.05) is 6.54 Å². The monoisotopic (exact) mass is 354 g/mol. The van der Waals surface area contributed by atoms with E-state index in [1.54, 1.807) is 16.9 Å². The smallest absolute Gasteiger partial charge is 0.261 e. The molecule has 128 valence electrons. The summed E-state index contributed by atoms with van der Waals surface area (Å²) in [5.74, 6) is -0.470. The minimum atomic E-state index is -0.239. The Bertz CT molecular complexity index is 871. The first-order valence-electron chi connectivity index (χ1n) is 7.83. The molecule has 0 unspecified atom stereocenters. The van der Waals surface area contributed by atoms with Crippen LogP contribution in [0.1, 0.15) is 20.1 Å². The zero-order valence-corrected chi connectivity index (χ0v) is 14.5. The number of benzene rings is 1. The number of aromatic nitrogens is 2. The molecule has 1 aromatic carbocycles. The van der Waals surface area contributed by atoms with Gasteiger partial charge < -0.3 is 10.6 Å². The van der Waals surface area contributed by atoms with Crippen LogP contribution in [0.25, 0.3) is 5.69 Å². The first-order chi connectivity index (χ1) is 12.1. The Morgan fingerprint density at radius 3 is 2.68 bits per heavy atom. The van der Waals surface area contributed by atoms with Crippen LogP contribution < -0.4 is 10.6 Å². The van der Waals surface area contributed by atoms with Crippen LogP contribution in [-0.2, 0) is 11.3 Å². The fourth-order valence-corrected chi connectivity index (χ4v) is 3.14. The number of nitrogens with zero attached hydrogens (tertiary/aromatic N) is 2. The lowest BCUT2D eigenvalue weighted by Crippen LogP contribution is -2.36. The lowest BCUT2D eigenvalue weighted by Gasteiger charge is -2.11. The number of carbonyl (C=O) groups is 2. The molecule has 0 aliphatic heterocycles. The largest absolute Gasteiger partial charge is 0.350 e. The zero-order chi connectivity index (χ0) is 17.6. The van der Waals surface area contributed by atoms with Gasteiger partial charge in [-0.15, -0.1) is 11.3 Å². The Balaban J connectivity index is 1.54. The van der Waals surface area contributed by atoms with E-state index in [0.29, 0.717) is 11.4 Å². The van der Waals surface area contributed by atoms with Crippen molar-refractivity contribution < 1.29 is 9.59 Å². The number of thiophene rings is 1. The Morgan fingerprint density at radius 1 is 1.12 bits per heavy atom. The predicted octanol–water partition coefficient (Wildman–Crippen LogP) is 2.29. The van der Waals surface area contributed by atoms with Crippen LogP contribution >= 0.6 is 11.3 Å². The Labute approximate surface area is 149 Å². The van der Waals surface area contributed by atoms with Crippen LogP contribution in [-0.4, -0.2) is 28.1 Å². The fourth-order valence-electron chi connectivity index (χ4n) is 2.36. The van der Waals surface area contributed by atoms with E-state index < -0.39 is 0 Å². The highest BCUT2D eigenvalue weighted by Gasteiger charge is 2.10. The molecule has 2 heterocycles. The van der Waals surface area contributed by atoms with E-state index >= 15 is 0 Å². The van der Waals surface area contributed by atoms with Gasteiger partial charge in [-0.05, 0) is 36.8 Å². The molecule has 2 amide bonds. The van der Waals surface area contributed by atoms with Crippen LogP contribution in [0.4, 0.5) is 0 Å². The lowest BCUT2D eigenvalue weighted by atomic mass is 10.2. The van der Waals surface area contributed by atoms with Crippen LogP contribution in [0, 0.1) is 6.92 Å². The highest BCUT2D eigenvalue weighted by atomic mass is 32.1. The van der Waals surface area contributed by atoms with Crippen molar-refractivity contribution >= 4 is 23.2 Å². The number of rotatable bonds is 6. The first-order valence-corrected chi connectivity index (χ1v) is 8.64. The van der Waals surface area contributed by atoms with Gasteiger partial charge >= 0.3 is 0 Å². The molecule has 0 spiro atoms. The van der Waals surface area contributed by atoms with Gasteiger partial charge in [0.1, 0.15) is 0 Å². The van der Waals surface area contributed by atoms with Crippen molar-refractivity contribution in [1.29, 1.82) is 0 Å². The summed E-state index contributed by atoms with van der Waals surface area (Å²) in [6, 6.07) is 13.2. The molecule has 0 saturated heterocycles. The lowest BCUT2D eigenvalue weighted by molar-refractivity contribution is -0.120. The van der Waals surface area contributed by atoms with E-state index in [2.05, 4.69) is 15.7 Å². The topological polar surface area (TPSA) is 76.0 Å². The summed E-state index contributed by atoms with van der Waals surface area (Å²) in [4.78, 5) is 25.6. The van der Waals surface area contributed by atoms with Crippen molar-refractivity contribution in [3.05, 3.63) is 70.2 Å². The van der Waals surface area contributed by atoms with Crippen LogP contribution in [0.5, 0.6) is 0 Å². The number of para-hydroxylation sites is 1. The highest BCUT2D eigenvalue weighted by molar-refractivity contribution is 7.13. The third-order valence-corrected chi connectivity index (χ3v) is 4.59. The molecule has 0 bridgehead atoms. The Hall–Kier alpha value is -2.93. The van der Waals surface area contributed by atoms with Gasteiger partial charge in [0.2, 0.25) is 5.91 Å². The maximum absolute atomic E-state index is 12.0. The van der Waals surface area contributed by atoms with Gasteiger partial charge in [0, 0.05) is 23.8 Å². The first kappa shape index (κ1) is 16.9. The molecule has 2 N–H and O–H groups in total. The summed E-state index contributed by atoms with van der Waals surface area (Å²) >= 11 is 1.40. The van der Waals surface area contributed by atoms with E-state index in [1.807, 2.05) is 49.5 Å². The molecule has 2 aromatic heterocycles. The average molecular weight is 354 g/mol. The van der Waals surface area contributed by atoms with E-state index in [9.17, 15) is 9.59 Å². The molecule has 3 rings (SSSR count). The van der Waals surface area contributed by atoms with Gasteiger partial charge in [-0.2, -0.15) is 5.10 Å². The summed E-state index contributed by atoms with van der Waals surface area (Å²) in [6.07, 6.45) is 3.56. The minimum Gasteiger partial charge on any atom is -0.350 e. The summed E-state index contributed by atoms with van der Waals surface area (Å²) in [5, 5.41) is 9.67. The Kier molecular flexibility index (Phi) is 5.25.